The molecule has 0 saturated carbocycles. The largest absolute Gasteiger partial charge is 0.468 e. The van der Waals surface area contributed by atoms with Gasteiger partial charge in [-0.05, 0) is 25.2 Å². The van der Waals surface area contributed by atoms with Crippen LogP contribution in [0.1, 0.15) is 27.2 Å². The molecule has 18 heavy (non-hydrogen) atoms. The van der Waals surface area contributed by atoms with Crippen LogP contribution in [0.4, 0.5) is 0 Å². The minimum absolute atomic E-state index is 0.0323. The van der Waals surface area contributed by atoms with E-state index in [0.717, 1.165) is 0 Å². The highest BCUT2D eigenvalue weighted by Crippen LogP contribution is 2.27. The van der Waals surface area contributed by atoms with Gasteiger partial charge in [-0.15, -0.1) is 0 Å². The number of ether oxygens (including phenoxy) is 2. The summed E-state index contributed by atoms with van der Waals surface area (Å²) in [5.74, 6) is -2.57. The lowest BCUT2D eigenvalue weighted by Gasteiger charge is -2.26. The van der Waals surface area contributed by atoms with E-state index in [9.17, 15) is 9.59 Å². The summed E-state index contributed by atoms with van der Waals surface area (Å²) in [5.41, 5.74) is 0.450. The normalized spacial score (nSPS) is 13.6. The van der Waals surface area contributed by atoms with Gasteiger partial charge in [0.15, 0.2) is 5.92 Å². The second kappa shape index (κ2) is 7.68. The Morgan fingerprint density at radius 3 is 1.89 bits per heavy atom. The SMILES string of the molecule is COC(=O)C(C(=O)OC)C(C/C(C)=N/O)C(C)C. The number of hydrogen-bond acceptors (Lipinski definition) is 6. The van der Waals surface area contributed by atoms with Crippen molar-refractivity contribution in [3.63, 3.8) is 0 Å². The molecule has 6 nitrogen and oxygen atoms in total. The number of hydrogen-bond donors (Lipinski definition) is 1. The van der Waals surface area contributed by atoms with Crippen molar-refractivity contribution in [2.24, 2.45) is 22.9 Å². The third-order valence-electron chi connectivity index (χ3n) is 2.90. The Morgan fingerprint density at radius 1 is 1.17 bits per heavy atom. The van der Waals surface area contributed by atoms with Crippen molar-refractivity contribution in [3.8, 4) is 0 Å². The predicted octanol–water partition coefficient (Wildman–Crippen LogP) is 1.46. The summed E-state index contributed by atoms with van der Waals surface area (Å²) in [5, 5.41) is 11.8. The lowest BCUT2D eigenvalue weighted by Crippen LogP contribution is -2.36. The van der Waals surface area contributed by atoms with E-state index in [1.807, 2.05) is 13.8 Å². The van der Waals surface area contributed by atoms with Crippen molar-refractivity contribution in [2.45, 2.75) is 27.2 Å². The van der Waals surface area contributed by atoms with Gasteiger partial charge in [-0.2, -0.15) is 0 Å². The van der Waals surface area contributed by atoms with Gasteiger partial charge in [-0.25, -0.2) is 0 Å². The zero-order valence-electron chi connectivity index (χ0n) is 11.5. The molecule has 0 aliphatic heterocycles. The topological polar surface area (TPSA) is 85.2 Å². The fourth-order valence-electron chi connectivity index (χ4n) is 1.82. The van der Waals surface area contributed by atoms with Crippen LogP contribution in [-0.2, 0) is 19.1 Å². The van der Waals surface area contributed by atoms with Crippen LogP contribution in [0.5, 0.6) is 0 Å². The summed E-state index contributed by atoms with van der Waals surface area (Å²) < 4.78 is 9.28. The maximum atomic E-state index is 11.7. The molecular formula is C12H21NO5. The molecule has 0 aromatic rings. The van der Waals surface area contributed by atoms with Gasteiger partial charge in [0.1, 0.15) is 0 Å². The number of rotatable bonds is 6. The molecule has 0 spiro atoms. The summed E-state index contributed by atoms with van der Waals surface area (Å²) in [6.45, 7) is 5.39. The van der Waals surface area contributed by atoms with Gasteiger partial charge in [-0.1, -0.05) is 19.0 Å². The number of esters is 2. The van der Waals surface area contributed by atoms with Crippen molar-refractivity contribution in [1.82, 2.24) is 0 Å². The maximum absolute atomic E-state index is 11.7. The van der Waals surface area contributed by atoms with Crippen LogP contribution in [0.25, 0.3) is 0 Å². The molecule has 0 aliphatic carbocycles. The molecule has 104 valence electrons. The average molecular weight is 259 g/mol. The molecule has 0 radical (unpaired) electrons. The highest BCUT2D eigenvalue weighted by molar-refractivity contribution is 5.96. The van der Waals surface area contributed by atoms with E-state index in [1.165, 1.54) is 14.2 Å². The maximum Gasteiger partial charge on any atom is 0.320 e. The Bertz CT molecular complexity index is 308. The molecule has 0 heterocycles. The van der Waals surface area contributed by atoms with Crippen LogP contribution in [0.2, 0.25) is 0 Å². The fraction of sp³-hybridized carbons (Fsp3) is 0.750. The standard InChI is InChI=1S/C12H21NO5/c1-7(2)9(6-8(3)13-16)10(11(14)17-4)12(15)18-5/h7,9-10,16H,6H2,1-5H3/b13-8+. The smallest absolute Gasteiger partial charge is 0.320 e. The van der Waals surface area contributed by atoms with E-state index in [4.69, 9.17) is 5.21 Å². The fourth-order valence-corrected chi connectivity index (χ4v) is 1.82. The second-order valence-corrected chi connectivity index (χ2v) is 4.47. The van der Waals surface area contributed by atoms with E-state index in [2.05, 4.69) is 14.6 Å². The van der Waals surface area contributed by atoms with Gasteiger partial charge in [0, 0.05) is 0 Å². The summed E-state index contributed by atoms with van der Waals surface area (Å²) >= 11 is 0. The molecule has 0 aromatic heterocycles. The van der Waals surface area contributed by atoms with Gasteiger partial charge >= 0.3 is 11.9 Å². The lowest BCUT2D eigenvalue weighted by atomic mass is 9.80. The van der Waals surface area contributed by atoms with E-state index in [-0.39, 0.29) is 11.8 Å². The van der Waals surface area contributed by atoms with E-state index in [0.29, 0.717) is 12.1 Å². The van der Waals surface area contributed by atoms with E-state index < -0.39 is 17.9 Å². The number of carbonyl (C=O) groups is 2. The summed E-state index contributed by atoms with van der Waals surface area (Å²) in [7, 11) is 2.45. The molecule has 1 N–H and O–H groups in total. The Labute approximate surface area is 107 Å². The van der Waals surface area contributed by atoms with Crippen LogP contribution in [0.15, 0.2) is 5.16 Å². The quantitative estimate of drug-likeness (QED) is 0.256. The van der Waals surface area contributed by atoms with Crippen molar-refractivity contribution in [1.29, 1.82) is 0 Å². The highest BCUT2D eigenvalue weighted by atomic mass is 16.5. The van der Waals surface area contributed by atoms with Crippen LogP contribution in [-0.4, -0.2) is 37.1 Å². The Hall–Kier alpha value is -1.59. The van der Waals surface area contributed by atoms with Crippen LogP contribution >= 0.6 is 0 Å². The summed E-state index contributed by atoms with van der Waals surface area (Å²) in [6, 6.07) is 0. The molecule has 0 fully saturated rings. The van der Waals surface area contributed by atoms with Gasteiger partial charge in [0.25, 0.3) is 0 Å². The molecule has 0 bridgehead atoms. The first-order chi connectivity index (χ1) is 8.38. The minimum Gasteiger partial charge on any atom is -0.468 e. The van der Waals surface area contributed by atoms with Crippen LogP contribution < -0.4 is 0 Å². The van der Waals surface area contributed by atoms with Crippen molar-refractivity contribution in [3.05, 3.63) is 0 Å². The third kappa shape index (κ3) is 4.35. The molecular weight excluding hydrogens is 238 g/mol. The van der Waals surface area contributed by atoms with Crippen LogP contribution in [0, 0.1) is 17.8 Å². The number of carbonyl (C=O) groups excluding carboxylic acids is 2. The number of oxime groups is 1. The first kappa shape index (κ1) is 16.4. The third-order valence-corrected chi connectivity index (χ3v) is 2.90. The van der Waals surface area contributed by atoms with Crippen molar-refractivity contribution < 1.29 is 24.3 Å². The predicted molar refractivity (Wildman–Crippen MR) is 65.4 cm³/mol. The van der Waals surface area contributed by atoms with E-state index >= 15 is 0 Å². The molecule has 1 unspecified atom stereocenters. The molecule has 0 saturated heterocycles. The zero-order valence-corrected chi connectivity index (χ0v) is 11.5. The molecule has 0 rings (SSSR count). The first-order valence-electron chi connectivity index (χ1n) is 5.72. The average Bonchev–Trinajstić information content (AvgIpc) is 2.36. The molecule has 0 amide bonds. The minimum atomic E-state index is -1.00. The van der Waals surface area contributed by atoms with Gasteiger partial charge < -0.3 is 14.7 Å². The number of methoxy groups -OCH3 is 2. The Morgan fingerprint density at radius 2 is 1.61 bits per heavy atom. The summed E-state index contributed by atoms with van der Waals surface area (Å²) in [4.78, 5) is 23.4. The van der Waals surface area contributed by atoms with Gasteiger partial charge in [0.05, 0.1) is 19.9 Å². The Balaban J connectivity index is 5.22. The zero-order chi connectivity index (χ0) is 14.3. The molecule has 1 atom stereocenters. The molecule has 0 aliphatic rings. The molecule has 0 aromatic carbocycles. The van der Waals surface area contributed by atoms with Crippen LogP contribution in [0.3, 0.4) is 0 Å². The highest BCUT2D eigenvalue weighted by Gasteiger charge is 2.38. The monoisotopic (exact) mass is 259 g/mol. The molecule has 6 heteroatoms. The van der Waals surface area contributed by atoms with Crippen molar-refractivity contribution in [2.75, 3.05) is 14.2 Å². The summed E-state index contributed by atoms with van der Waals surface area (Å²) in [6.07, 6.45) is 0.322. The van der Waals surface area contributed by atoms with Gasteiger partial charge in [0.2, 0.25) is 0 Å². The first-order valence-corrected chi connectivity index (χ1v) is 5.72. The van der Waals surface area contributed by atoms with Gasteiger partial charge in [-0.3, -0.25) is 9.59 Å². The Kier molecular flexibility index (Phi) is 7.00. The second-order valence-electron chi connectivity index (χ2n) is 4.47. The number of nitrogens with zero attached hydrogens (tertiary/aromatic N) is 1. The van der Waals surface area contributed by atoms with Crippen molar-refractivity contribution >= 4 is 17.7 Å². The van der Waals surface area contributed by atoms with E-state index in [1.54, 1.807) is 6.92 Å². The lowest BCUT2D eigenvalue weighted by molar-refractivity contribution is -0.162.